The highest BCUT2D eigenvalue weighted by molar-refractivity contribution is 6.01. The molecular formula is C19H27N3O3. The van der Waals surface area contributed by atoms with E-state index in [1.54, 1.807) is 0 Å². The Kier molecular flexibility index (Phi) is 5.71. The Labute approximate surface area is 148 Å². The summed E-state index contributed by atoms with van der Waals surface area (Å²) in [4.78, 5) is 27.1. The Hall–Kier alpha value is -1.92. The summed E-state index contributed by atoms with van der Waals surface area (Å²) in [5.41, 5.74) is 1.64. The molecule has 2 heterocycles. The average Bonchev–Trinajstić information content (AvgIpc) is 2.61. The molecule has 136 valence electrons. The molecule has 25 heavy (non-hydrogen) atoms. The SMILES string of the molecule is CC(C)C(CNC(=O)C1CC(=O)Nc2ccccc21)N1CCOCC1. The van der Waals surface area contributed by atoms with E-state index in [4.69, 9.17) is 4.74 Å². The molecule has 2 aliphatic heterocycles. The lowest BCUT2D eigenvalue weighted by atomic mass is 9.89. The second-order valence-electron chi connectivity index (χ2n) is 7.10. The van der Waals surface area contributed by atoms with E-state index >= 15 is 0 Å². The first-order valence-corrected chi connectivity index (χ1v) is 9.04. The van der Waals surface area contributed by atoms with Gasteiger partial charge in [0.25, 0.3) is 0 Å². The van der Waals surface area contributed by atoms with E-state index in [0.717, 1.165) is 37.6 Å². The predicted octanol–water partition coefficient (Wildman–Crippen LogP) is 1.59. The molecule has 1 fully saturated rings. The second kappa shape index (κ2) is 7.97. The standard InChI is InChI=1S/C19H27N3O3/c1-13(2)17(22-7-9-25-10-8-22)12-20-19(24)15-11-18(23)21-16-6-4-3-5-14(15)16/h3-6,13,15,17H,7-12H2,1-2H3,(H,20,24)(H,21,23). The Morgan fingerprint density at radius 2 is 2.04 bits per heavy atom. The molecule has 6 nitrogen and oxygen atoms in total. The van der Waals surface area contributed by atoms with Gasteiger partial charge in [0.1, 0.15) is 0 Å². The van der Waals surface area contributed by atoms with Gasteiger partial charge in [-0.25, -0.2) is 0 Å². The molecule has 0 saturated carbocycles. The Balaban J connectivity index is 1.66. The monoisotopic (exact) mass is 345 g/mol. The number of amides is 2. The average molecular weight is 345 g/mol. The zero-order valence-corrected chi connectivity index (χ0v) is 15.0. The number of morpholine rings is 1. The van der Waals surface area contributed by atoms with E-state index in [1.807, 2.05) is 24.3 Å². The predicted molar refractivity (Wildman–Crippen MR) is 96.5 cm³/mol. The van der Waals surface area contributed by atoms with E-state index in [9.17, 15) is 9.59 Å². The first-order chi connectivity index (χ1) is 12.1. The van der Waals surface area contributed by atoms with Crippen LogP contribution >= 0.6 is 0 Å². The molecule has 6 heteroatoms. The largest absolute Gasteiger partial charge is 0.379 e. The molecule has 0 bridgehead atoms. The second-order valence-corrected chi connectivity index (χ2v) is 7.10. The van der Waals surface area contributed by atoms with Crippen LogP contribution in [0.15, 0.2) is 24.3 Å². The third-order valence-corrected chi connectivity index (χ3v) is 5.09. The fraction of sp³-hybridized carbons (Fsp3) is 0.579. The third kappa shape index (κ3) is 4.19. The lowest BCUT2D eigenvalue weighted by Crippen LogP contribution is -2.51. The van der Waals surface area contributed by atoms with Gasteiger partial charge in [0.15, 0.2) is 0 Å². The zero-order valence-electron chi connectivity index (χ0n) is 15.0. The first-order valence-electron chi connectivity index (χ1n) is 9.04. The maximum absolute atomic E-state index is 12.8. The molecule has 2 unspecified atom stereocenters. The quantitative estimate of drug-likeness (QED) is 0.850. The molecule has 0 aromatic heterocycles. The van der Waals surface area contributed by atoms with E-state index in [1.165, 1.54) is 0 Å². The smallest absolute Gasteiger partial charge is 0.228 e. The van der Waals surface area contributed by atoms with Gasteiger partial charge in [0.2, 0.25) is 11.8 Å². The van der Waals surface area contributed by atoms with E-state index < -0.39 is 5.92 Å². The minimum Gasteiger partial charge on any atom is -0.379 e. The molecule has 2 N–H and O–H groups in total. The van der Waals surface area contributed by atoms with Crippen LogP contribution in [0.5, 0.6) is 0 Å². The lowest BCUT2D eigenvalue weighted by Gasteiger charge is -2.37. The van der Waals surface area contributed by atoms with Crippen molar-refractivity contribution in [3.05, 3.63) is 29.8 Å². The Morgan fingerprint density at radius 1 is 1.32 bits per heavy atom. The maximum atomic E-state index is 12.8. The summed E-state index contributed by atoms with van der Waals surface area (Å²) in [6.07, 6.45) is 0.201. The lowest BCUT2D eigenvalue weighted by molar-refractivity contribution is -0.126. The summed E-state index contributed by atoms with van der Waals surface area (Å²) in [6.45, 7) is 8.23. The summed E-state index contributed by atoms with van der Waals surface area (Å²) in [6, 6.07) is 7.81. The fourth-order valence-electron chi connectivity index (χ4n) is 3.67. The number of nitrogens with zero attached hydrogens (tertiary/aromatic N) is 1. The fourth-order valence-corrected chi connectivity index (χ4v) is 3.67. The zero-order chi connectivity index (χ0) is 17.8. The number of rotatable bonds is 5. The highest BCUT2D eigenvalue weighted by Gasteiger charge is 2.31. The van der Waals surface area contributed by atoms with Crippen LogP contribution in [0.25, 0.3) is 0 Å². The maximum Gasteiger partial charge on any atom is 0.228 e. The van der Waals surface area contributed by atoms with Crippen LogP contribution in [0.2, 0.25) is 0 Å². The van der Waals surface area contributed by atoms with Crippen molar-refractivity contribution >= 4 is 17.5 Å². The molecule has 1 aromatic carbocycles. The van der Waals surface area contributed by atoms with Crippen molar-refractivity contribution in [1.82, 2.24) is 10.2 Å². The number of fused-ring (bicyclic) bond motifs is 1. The molecule has 1 saturated heterocycles. The normalized spacial score (nSPS) is 22.2. The third-order valence-electron chi connectivity index (χ3n) is 5.09. The highest BCUT2D eigenvalue weighted by atomic mass is 16.5. The van der Waals surface area contributed by atoms with Crippen LogP contribution in [-0.2, 0) is 14.3 Å². The van der Waals surface area contributed by atoms with E-state index in [2.05, 4.69) is 29.4 Å². The van der Waals surface area contributed by atoms with Gasteiger partial charge in [0, 0.05) is 37.8 Å². The van der Waals surface area contributed by atoms with Gasteiger partial charge < -0.3 is 15.4 Å². The molecule has 0 spiro atoms. The van der Waals surface area contributed by atoms with Gasteiger partial charge in [-0.05, 0) is 17.5 Å². The Bertz CT molecular complexity index is 626. The van der Waals surface area contributed by atoms with Crippen LogP contribution in [0, 0.1) is 5.92 Å². The summed E-state index contributed by atoms with van der Waals surface area (Å²) in [7, 11) is 0. The van der Waals surface area contributed by atoms with Crippen molar-refractivity contribution in [2.45, 2.75) is 32.2 Å². The number of para-hydroxylation sites is 1. The molecule has 1 aromatic rings. The summed E-state index contributed by atoms with van der Waals surface area (Å²) < 4.78 is 5.43. The highest BCUT2D eigenvalue weighted by Crippen LogP contribution is 2.32. The molecular weight excluding hydrogens is 318 g/mol. The minimum absolute atomic E-state index is 0.0683. The van der Waals surface area contributed by atoms with Crippen molar-refractivity contribution in [2.75, 3.05) is 38.2 Å². The number of nitrogens with one attached hydrogen (secondary N) is 2. The van der Waals surface area contributed by atoms with Gasteiger partial charge >= 0.3 is 0 Å². The summed E-state index contributed by atoms with van der Waals surface area (Å²) in [5.74, 6) is -0.156. The van der Waals surface area contributed by atoms with Gasteiger partial charge in [-0.15, -0.1) is 0 Å². The molecule has 0 aliphatic carbocycles. The van der Waals surface area contributed by atoms with Crippen LogP contribution in [-0.4, -0.2) is 55.6 Å². The Morgan fingerprint density at radius 3 is 2.76 bits per heavy atom. The van der Waals surface area contributed by atoms with E-state index in [0.29, 0.717) is 12.5 Å². The number of hydrogen-bond acceptors (Lipinski definition) is 4. The van der Waals surface area contributed by atoms with Crippen LogP contribution in [0.4, 0.5) is 5.69 Å². The summed E-state index contributed by atoms with van der Waals surface area (Å²) in [5, 5.41) is 5.93. The first kappa shape index (κ1) is 17.9. The van der Waals surface area contributed by atoms with Crippen LogP contribution in [0.1, 0.15) is 31.7 Å². The van der Waals surface area contributed by atoms with E-state index in [-0.39, 0.29) is 24.3 Å². The van der Waals surface area contributed by atoms with Gasteiger partial charge in [-0.1, -0.05) is 32.0 Å². The molecule has 2 atom stereocenters. The number of anilines is 1. The van der Waals surface area contributed by atoms with Crippen molar-refractivity contribution in [1.29, 1.82) is 0 Å². The summed E-state index contributed by atoms with van der Waals surface area (Å²) >= 11 is 0. The topological polar surface area (TPSA) is 70.7 Å². The van der Waals surface area contributed by atoms with Crippen molar-refractivity contribution < 1.29 is 14.3 Å². The number of ether oxygens (including phenoxy) is 1. The van der Waals surface area contributed by atoms with Crippen molar-refractivity contribution in [3.8, 4) is 0 Å². The molecule has 3 rings (SSSR count). The minimum atomic E-state index is -0.414. The number of benzene rings is 1. The number of carbonyl (C=O) groups is 2. The molecule has 2 aliphatic rings. The van der Waals surface area contributed by atoms with Gasteiger partial charge in [-0.2, -0.15) is 0 Å². The van der Waals surface area contributed by atoms with Gasteiger partial charge in [-0.3, -0.25) is 14.5 Å². The van der Waals surface area contributed by atoms with Crippen molar-refractivity contribution in [3.63, 3.8) is 0 Å². The van der Waals surface area contributed by atoms with Gasteiger partial charge in [0.05, 0.1) is 19.1 Å². The van der Waals surface area contributed by atoms with Crippen LogP contribution < -0.4 is 10.6 Å². The molecule has 0 radical (unpaired) electrons. The molecule has 2 amide bonds. The van der Waals surface area contributed by atoms with Crippen molar-refractivity contribution in [2.24, 2.45) is 5.92 Å². The number of carbonyl (C=O) groups excluding carboxylic acids is 2. The number of hydrogen-bond donors (Lipinski definition) is 2. The van der Waals surface area contributed by atoms with Crippen LogP contribution in [0.3, 0.4) is 0 Å².